The van der Waals surface area contributed by atoms with E-state index in [0.29, 0.717) is 6.54 Å². The van der Waals surface area contributed by atoms with Crippen LogP contribution in [-0.4, -0.2) is 37.0 Å². The van der Waals surface area contributed by atoms with Crippen molar-refractivity contribution in [1.82, 2.24) is 10.2 Å². The molecule has 1 fully saturated rings. The van der Waals surface area contributed by atoms with Crippen molar-refractivity contribution in [3.63, 3.8) is 0 Å². The minimum Gasteiger partial charge on any atom is -0.355 e. The average Bonchev–Trinajstić information content (AvgIpc) is 2.22. The van der Waals surface area contributed by atoms with Crippen LogP contribution in [0.5, 0.6) is 0 Å². The molecule has 0 saturated carbocycles. The van der Waals surface area contributed by atoms with Crippen molar-refractivity contribution in [1.29, 1.82) is 0 Å². The lowest BCUT2D eigenvalue weighted by Crippen LogP contribution is -2.41. The van der Waals surface area contributed by atoms with E-state index in [1.807, 2.05) is 0 Å². The maximum atomic E-state index is 11.5. The van der Waals surface area contributed by atoms with Crippen LogP contribution in [0, 0.1) is 5.92 Å². The number of amides is 1. The van der Waals surface area contributed by atoms with Gasteiger partial charge in [-0.3, -0.25) is 9.69 Å². The molecule has 0 radical (unpaired) electrons. The first kappa shape index (κ1) is 12.5. The zero-order valence-electron chi connectivity index (χ0n) is 10.1. The summed E-state index contributed by atoms with van der Waals surface area (Å²) in [6.07, 6.45) is 4.70. The van der Waals surface area contributed by atoms with E-state index >= 15 is 0 Å². The summed E-state index contributed by atoms with van der Waals surface area (Å²) in [5.74, 6) is 1.03. The van der Waals surface area contributed by atoms with Gasteiger partial charge in [0.2, 0.25) is 5.91 Å². The van der Waals surface area contributed by atoms with E-state index in [4.69, 9.17) is 0 Å². The van der Waals surface area contributed by atoms with Gasteiger partial charge in [-0.2, -0.15) is 0 Å². The van der Waals surface area contributed by atoms with Crippen molar-refractivity contribution in [3.05, 3.63) is 0 Å². The molecule has 0 aromatic carbocycles. The molecule has 0 unspecified atom stereocenters. The van der Waals surface area contributed by atoms with E-state index in [2.05, 4.69) is 24.1 Å². The Labute approximate surface area is 93.2 Å². The Bertz CT molecular complexity index is 186. The molecule has 1 amide bonds. The Morgan fingerprint density at radius 1 is 1.40 bits per heavy atom. The van der Waals surface area contributed by atoms with Gasteiger partial charge in [-0.15, -0.1) is 0 Å². The summed E-state index contributed by atoms with van der Waals surface area (Å²) in [6.45, 7) is 8.03. The predicted octanol–water partition coefficient (Wildman–Crippen LogP) is 1.63. The zero-order valence-corrected chi connectivity index (χ0v) is 10.1. The molecule has 3 heteroatoms. The Hall–Kier alpha value is -0.570. The fraction of sp³-hybridized carbons (Fsp3) is 0.917. The van der Waals surface area contributed by atoms with Crippen LogP contribution in [0.4, 0.5) is 0 Å². The van der Waals surface area contributed by atoms with Crippen molar-refractivity contribution in [2.75, 3.05) is 26.2 Å². The number of hydrogen-bond donors (Lipinski definition) is 1. The van der Waals surface area contributed by atoms with Gasteiger partial charge in [0.15, 0.2) is 0 Å². The molecular formula is C12H24N2O. The van der Waals surface area contributed by atoms with Gasteiger partial charge in [-0.25, -0.2) is 0 Å². The molecule has 1 heterocycles. The monoisotopic (exact) mass is 212 g/mol. The van der Waals surface area contributed by atoms with E-state index in [9.17, 15) is 4.79 Å². The molecule has 3 nitrogen and oxygen atoms in total. The molecule has 0 aromatic heterocycles. The Kier molecular flexibility index (Phi) is 5.69. The van der Waals surface area contributed by atoms with Crippen molar-refractivity contribution < 1.29 is 4.79 Å². The Balaban J connectivity index is 2.09. The predicted molar refractivity (Wildman–Crippen MR) is 62.8 cm³/mol. The topological polar surface area (TPSA) is 32.3 Å². The van der Waals surface area contributed by atoms with Crippen LogP contribution in [0.2, 0.25) is 0 Å². The molecule has 1 aliphatic heterocycles. The van der Waals surface area contributed by atoms with Gasteiger partial charge < -0.3 is 5.32 Å². The van der Waals surface area contributed by atoms with Crippen LogP contribution < -0.4 is 5.32 Å². The first-order valence-corrected chi connectivity index (χ1v) is 6.21. The molecular weight excluding hydrogens is 188 g/mol. The lowest BCUT2D eigenvalue weighted by atomic mass is 9.99. The summed E-state index contributed by atoms with van der Waals surface area (Å²) in [5.41, 5.74) is 0. The molecule has 0 spiro atoms. The van der Waals surface area contributed by atoms with Gasteiger partial charge in [-0.1, -0.05) is 20.3 Å². The maximum Gasteiger partial charge on any atom is 0.234 e. The smallest absolute Gasteiger partial charge is 0.234 e. The third-order valence-electron chi connectivity index (χ3n) is 3.10. The third-order valence-corrected chi connectivity index (χ3v) is 3.10. The minimum absolute atomic E-state index is 0.193. The number of carbonyl (C=O) groups is 1. The van der Waals surface area contributed by atoms with Gasteiger partial charge in [0.1, 0.15) is 0 Å². The first-order chi connectivity index (χ1) is 7.22. The normalized spacial score (nSPS) is 19.1. The Morgan fingerprint density at radius 3 is 2.67 bits per heavy atom. The lowest BCUT2D eigenvalue weighted by molar-refractivity contribution is -0.122. The second kappa shape index (κ2) is 6.83. The third kappa shape index (κ3) is 5.17. The fourth-order valence-electron chi connectivity index (χ4n) is 1.88. The van der Waals surface area contributed by atoms with Crippen LogP contribution in [-0.2, 0) is 4.79 Å². The van der Waals surface area contributed by atoms with E-state index in [1.54, 1.807) is 0 Å². The molecule has 1 N–H and O–H groups in total. The molecule has 1 rings (SSSR count). The standard InChI is InChI=1S/C12H24N2O/c1-3-4-7-13-12(15)10-14-8-5-11(2)6-9-14/h11H,3-10H2,1-2H3,(H,13,15). The highest BCUT2D eigenvalue weighted by Crippen LogP contribution is 2.15. The van der Waals surface area contributed by atoms with Crippen molar-refractivity contribution in [2.45, 2.75) is 39.5 Å². The van der Waals surface area contributed by atoms with Crippen LogP contribution in [0.3, 0.4) is 0 Å². The number of unbranched alkanes of at least 4 members (excludes halogenated alkanes) is 1. The zero-order chi connectivity index (χ0) is 11.1. The molecule has 0 aromatic rings. The number of likely N-dealkylation sites (tertiary alicyclic amines) is 1. The van der Waals surface area contributed by atoms with Crippen LogP contribution in [0.1, 0.15) is 39.5 Å². The summed E-state index contributed by atoms with van der Waals surface area (Å²) in [7, 11) is 0. The number of carbonyl (C=O) groups excluding carboxylic acids is 1. The Morgan fingerprint density at radius 2 is 2.07 bits per heavy atom. The highest BCUT2D eigenvalue weighted by Gasteiger charge is 2.17. The SMILES string of the molecule is CCCCNC(=O)CN1CCC(C)CC1. The molecule has 0 atom stereocenters. The summed E-state index contributed by atoms with van der Waals surface area (Å²) >= 11 is 0. The van der Waals surface area contributed by atoms with Crippen molar-refractivity contribution in [3.8, 4) is 0 Å². The van der Waals surface area contributed by atoms with Crippen LogP contribution >= 0.6 is 0 Å². The van der Waals surface area contributed by atoms with E-state index < -0.39 is 0 Å². The molecule has 15 heavy (non-hydrogen) atoms. The number of nitrogens with zero attached hydrogens (tertiary/aromatic N) is 1. The first-order valence-electron chi connectivity index (χ1n) is 6.21. The van der Waals surface area contributed by atoms with Gasteiger partial charge in [0.05, 0.1) is 6.54 Å². The van der Waals surface area contributed by atoms with E-state index in [0.717, 1.165) is 38.4 Å². The van der Waals surface area contributed by atoms with Crippen LogP contribution in [0.15, 0.2) is 0 Å². The highest BCUT2D eigenvalue weighted by atomic mass is 16.2. The average molecular weight is 212 g/mol. The van der Waals surface area contributed by atoms with Gasteiger partial charge in [-0.05, 0) is 38.3 Å². The second-order valence-electron chi connectivity index (χ2n) is 4.66. The minimum atomic E-state index is 0.193. The summed E-state index contributed by atoms with van der Waals surface area (Å²) < 4.78 is 0. The van der Waals surface area contributed by atoms with Gasteiger partial charge >= 0.3 is 0 Å². The van der Waals surface area contributed by atoms with Crippen LogP contribution in [0.25, 0.3) is 0 Å². The van der Waals surface area contributed by atoms with E-state index in [1.165, 1.54) is 12.8 Å². The summed E-state index contributed by atoms with van der Waals surface area (Å²) in [4.78, 5) is 13.8. The molecule has 0 aliphatic carbocycles. The van der Waals surface area contributed by atoms with E-state index in [-0.39, 0.29) is 5.91 Å². The lowest BCUT2D eigenvalue weighted by Gasteiger charge is -2.29. The maximum absolute atomic E-state index is 11.5. The number of hydrogen-bond acceptors (Lipinski definition) is 2. The quantitative estimate of drug-likeness (QED) is 0.703. The number of nitrogens with one attached hydrogen (secondary N) is 1. The van der Waals surface area contributed by atoms with Crippen molar-refractivity contribution in [2.24, 2.45) is 5.92 Å². The van der Waals surface area contributed by atoms with Gasteiger partial charge in [0, 0.05) is 6.54 Å². The summed E-state index contributed by atoms with van der Waals surface area (Å²) in [5, 5.41) is 2.96. The highest BCUT2D eigenvalue weighted by molar-refractivity contribution is 5.77. The molecule has 1 saturated heterocycles. The number of rotatable bonds is 5. The number of piperidine rings is 1. The fourth-order valence-corrected chi connectivity index (χ4v) is 1.88. The molecule has 88 valence electrons. The van der Waals surface area contributed by atoms with Gasteiger partial charge in [0.25, 0.3) is 0 Å². The largest absolute Gasteiger partial charge is 0.355 e. The summed E-state index contributed by atoms with van der Waals surface area (Å²) in [6, 6.07) is 0. The molecule has 1 aliphatic rings. The molecule has 0 bridgehead atoms. The van der Waals surface area contributed by atoms with Crippen molar-refractivity contribution >= 4 is 5.91 Å². The second-order valence-corrected chi connectivity index (χ2v) is 4.66.